The van der Waals surface area contributed by atoms with E-state index in [1.54, 1.807) is 0 Å². The van der Waals surface area contributed by atoms with E-state index in [4.69, 9.17) is 0 Å². The third kappa shape index (κ3) is 4.42. The molecule has 0 aromatic carbocycles. The van der Waals surface area contributed by atoms with Crippen molar-refractivity contribution in [1.82, 2.24) is 4.90 Å². The van der Waals surface area contributed by atoms with Crippen molar-refractivity contribution in [2.75, 3.05) is 20.2 Å². The van der Waals surface area contributed by atoms with Crippen LogP contribution in [-0.2, 0) is 0 Å². The number of aliphatic hydroxyl groups excluding tert-OH is 1. The molecule has 1 rings (SSSR count). The lowest BCUT2D eigenvalue weighted by Crippen LogP contribution is -2.40. The predicted octanol–water partition coefficient (Wildman–Crippen LogP) is 2.91. The molecule has 0 heterocycles. The normalized spacial score (nSPS) is 20.6. The molecule has 1 N–H and O–H groups in total. The standard InChI is InChI=1S/C14H29NO/c1-12(2)14(11-16)15(3)10-9-13-7-5-4-6-8-13/h12-14,16H,4-11H2,1-3H3. The molecule has 0 spiro atoms. The molecule has 1 atom stereocenters. The Morgan fingerprint density at radius 3 is 2.31 bits per heavy atom. The van der Waals surface area contributed by atoms with Gasteiger partial charge in [0.25, 0.3) is 0 Å². The van der Waals surface area contributed by atoms with Gasteiger partial charge in [-0.25, -0.2) is 0 Å². The molecule has 1 fully saturated rings. The second kappa shape index (κ2) is 7.29. The molecule has 1 saturated carbocycles. The lowest BCUT2D eigenvalue weighted by atomic mass is 9.87. The Morgan fingerprint density at radius 2 is 1.81 bits per heavy atom. The summed E-state index contributed by atoms with van der Waals surface area (Å²) in [6, 6.07) is 0.337. The van der Waals surface area contributed by atoms with Gasteiger partial charge in [0.1, 0.15) is 0 Å². The van der Waals surface area contributed by atoms with Gasteiger partial charge in [-0.05, 0) is 31.8 Å². The van der Waals surface area contributed by atoms with Crippen LogP contribution in [0.5, 0.6) is 0 Å². The van der Waals surface area contributed by atoms with Crippen LogP contribution >= 0.6 is 0 Å². The van der Waals surface area contributed by atoms with Crippen LogP contribution in [0.1, 0.15) is 52.4 Å². The number of hydrogen-bond acceptors (Lipinski definition) is 2. The molecular weight excluding hydrogens is 198 g/mol. The largest absolute Gasteiger partial charge is 0.395 e. The van der Waals surface area contributed by atoms with Crippen molar-refractivity contribution in [3.63, 3.8) is 0 Å². The molecule has 1 aliphatic carbocycles. The second-order valence-electron chi connectivity index (χ2n) is 5.77. The highest BCUT2D eigenvalue weighted by atomic mass is 16.3. The van der Waals surface area contributed by atoms with E-state index in [2.05, 4.69) is 25.8 Å². The van der Waals surface area contributed by atoms with E-state index in [0.29, 0.717) is 18.6 Å². The highest BCUT2D eigenvalue weighted by Gasteiger charge is 2.19. The average Bonchev–Trinajstić information content (AvgIpc) is 2.28. The fourth-order valence-corrected chi connectivity index (χ4v) is 2.89. The van der Waals surface area contributed by atoms with E-state index in [1.165, 1.54) is 38.5 Å². The van der Waals surface area contributed by atoms with E-state index < -0.39 is 0 Å². The fourth-order valence-electron chi connectivity index (χ4n) is 2.89. The van der Waals surface area contributed by atoms with Gasteiger partial charge in [-0.3, -0.25) is 0 Å². The zero-order chi connectivity index (χ0) is 12.0. The predicted molar refractivity (Wildman–Crippen MR) is 69.5 cm³/mol. The third-order valence-electron chi connectivity index (χ3n) is 4.14. The monoisotopic (exact) mass is 227 g/mol. The highest BCUT2D eigenvalue weighted by Crippen LogP contribution is 2.26. The highest BCUT2D eigenvalue weighted by molar-refractivity contribution is 4.73. The SMILES string of the molecule is CC(C)C(CO)N(C)CCC1CCCCC1. The lowest BCUT2D eigenvalue weighted by molar-refractivity contribution is 0.105. The Labute approximate surface area is 101 Å². The van der Waals surface area contributed by atoms with Crippen LogP contribution in [0.3, 0.4) is 0 Å². The molecule has 2 heteroatoms. The van der Waals surface area contributed by atoms with Crippen LogP contribution < -0.4 is 0 Å². The zero-order valence-corrected chi connectivity index (χ0v) is 11.3. The summed E-state index contributed by atoms with van der Waals surface area (Å²) in [7, 11) is 2.16. The van der Waals surface area contributed by atoms with Gasteiger partial charge in [-0.1, -0.05) is 46.0 Å². The zero-order valence-electron chi connectivity index (χ0n) is 11.3. The average molecular weight is 227 g/mol. The molecule has 0 radical (unpaired) electrons. The molecule has 1 aliphatic rings. The number of rotatable bonds is 6. The van der Waals surface area contributed by atoms with Gasteiger partial charge in [0.15, 0.2) is 0 Å². The van der Waals surface area contributed by atoms with Crippen molar-refractivity contribution < 1.29 is 5.11 Å². The lowest BCUT2D eigenvalue weighted by Gasteiger charge is -2.31. The van der Waals surface area contributed by atoms with Crippen LogP contribution in [0.2, 0.25) is 0 Å². The van der Waals surface area contributed by atoms with E-state index in [0.717, 1.165) is 12.5 Å². The molecule has 2 nitrogen and oxygen atoms in total. The van der Waals surface area contributed by atoms with Gasteiger partial charge in [0.2, 0.25) is 0 Å². The quantitative estimate of drug-likeness (QED) is 0.754. The first-order valence-corrected chi connectivity index (χ1v) is 6.96. The first-order valence-electron chi connectivity index (χ1n) is 6.96. The number of aliphatic hydroxyl groups is 1. The smallest absolute Gasteiger partial charge is 0.0589 e. The van der Waals surface area contributed by atoms with Crippen LogP contribution in [-0.4, -0.2) is 36.2 Å². The summed E-state index contributed by atoms with van der Waals surface area (Å²) in [5.74, 6) is 1.49. The number of hydrogen-bond donors (Lipinski definition) is 1. The van der Waals surface area contributed by atoms with E-state index in [9.17, 15) is 5.11 Å². The van der Waals surface area contributed by atoms with Gasteiger partial charge >= 0.3 is 0 Å². The van der Waals surface area contributed by atoms with Crippen LogP contribution in [0.4, 0.5) is 0 Å². The van der Waals surface area contributed by atoms with Gasteiger partial charge < -0.3 is 10.0 Å². The number of nitrogens with zero attached hydrogens (tertiary/aromatic N) is 1. The Bertz CT molecular complexity index is 176. The third-order valence-corrected chi connectivity index (χ3v) is 4.14. The van der Waals surface area contributed by atoms with Gasteiger partial charge in [0.05, 0.1) is 6.61 Å². The maximum atomic E-state index is 9.36. The Morgan fingerprint density at radius 1 is 1.19 bits per heavy atom. The van der Waals surface area contributed by atoms with Crippen LogP contribution in [0.25, 0.3) is 0 Å². The van der Waals surface area contributed by atoms with Crippen molar-refractivity contribution in [2.45, 2.75) is 58.4 Å². The summed E-state index contributed by atoms with van der Waals surface area (Å²) >= 11 is 0. The minimum atomic E-state index is 0.291. The molecule has 0 bridgehead atoms. The Hall–Kier alpha value is -0.0800. The summed E-state index contributed by atoms with van der Waals surface area (Å²) in [6.45, 7) is 5.82. The first-order chi connectivity index (χ1) is 7.65. The molecule has 0 saturated heterocycles. The van der Waals surface area contributed by atoms with Crippen LogP contribution in [0, 0.1) is 11.8 Å². The van der Waals surface area contributed by atoms with Crippen molar-refractivity contribution >= 4 is 0 Å². The molecule has 0 aliphatic heterocycles. The van der Waals surface area contributed by atoms with E-state index >= 15 is 0 Å². The van der Waals surface area contributed by atoms with Crippen molar-refractivity contribution in [1.29, 1.82) is 0 Å². The summed E-state index contributed by atoms with van der Waals surface area (Å²) in [4.78, 5) is 2.35. The molecule has 96 valence electrons. The Kier molecular flexibility index (Phi) is 6.37. The van der Waals surface area contributed by atoms with Crippen LogP contribution in [0.15, 0.2) is 0 Å². The van der Waals surface area contributed by atoms with Crippen molar-refractivity contribution in [3.05, 3.63) is 0 Å². The molecule has 1 unspecified atom stereocenters. The van der Waals surface area contributed by atoms with Gasteiger partial charge in [0, 0.05) is 6.04 Å². The fraction of sp³-hybridized carbons (Fsp3) is 1.00. The summed E-state index contributed by atoms with van der Waals surface area (Å²) in [5, 5.41) is 9.36. The van der Waals surface area contributed by atoms with Gasteiger partial charge in [-0.15, -0.1) is 0 Å². The van der Waals surface area contributed by atoms with E-state index in [1.807, 2.05) is 0 Å². The summed E-state index contributed by atoms with van der Waals surface area (Å²) < 4.78 is 0. The molecule has 0 aromatic rings. The first kappa shape index (κ1) is 14.0. The minimum absolute atomic E-state index is 0.291. The molecule has 16 heavy (non-hydrogen) atoms. The van der Waals surface area contributed by atoms with Gasteiger partial charge in [-0.2, -0.15) is 0 Å². The number of likely N-dealkylation sites (N-methyl/N-ethyl adjacent to an activating group) is 1. The maximum absolute atomic E-state index is 9.36. The molecular formula is C14H29NO. The Balaban J connectivity index is 2.24. The van der Waals surface area contributed by atoms with Crippen molar-refractivity contribution in [2.24, 2.45) is 11.8 Å². The second-order valence-corrected chi connectivity index (χ2v) is 5.77. The minimum Gasteiger partial charge on any atom is -0.395 e. The maximum Gasteiger partial charge on any atom is 0.0589 e. The molecule has 0 amide bonds. The summed E-state index contributed by atoms with van der Waals surface area (Å²) in [5.41, 5.74) is 0. The summed E-state index contributed by atoms with van der Waals surface area (Å²) in [6.07, 6.45) is 8.49. The van der Waals surface area contributed by atoms with E-state index in [-0.39, 0.29) is 0 Å². The topological polar surface area (TPSA) is 23.5 Å². The molecule has 0 aromatic heterocycles. The van der Waals surface area contributed by atoms with Crippen molar-refractivity contribution in [3.8, 4) is 0 Å².